The fourth-order valence-corrected chi connectivity index (χ4v) is 5.26. The van der Waals surface area contributed by atoms with E-state index in [1.165, 1.54) is 0 Å². The molecule has 0 bridgehead atoms. The number of aromatic carboxylic acids is 1. The first-order chi connectivity index (χ1) is 17.5. The van der Waals surface area contributed by atoms with Crippen molar-refractivity contribution in [1.29, 1.82) is 0 Å². The number of hydrogen-bond donors (Lipinski definition) is 1. The molecule has 186 valence electrons. The van der Waals surface area contributed by atoms with Crippen LogP contribution in [0.3, 0.4) is 0 Å². The van der Waals surface area contributed by atoms with E-state index in [2.05, 4.69) is 22.0 Å². The third kappa shape index (κ3) is 3.95. The van der Waals surface area contributed by atoms with E-state index in [1.807, 2.05) is 26.1 Å². The van der Waals surface area contributed by atoms with E-state index in [0.717, 1.165) is 90.1 Å². The Bertz CT molecular complexity index is 1420. The zero-order chi connectivity index (χ0) is 24.8. The molecule has 1 aromatic carbocycles. The summed E-state index contributed by atoms with van der Waals surface area (Å²) in [5.74, 6) is 0.388. The minimum atomic E-state index is -0.966. The molecule has 1 N–H and O–H groups in total. The lowest BCUT2D eigenvalue weighted by Gasteiger charge is -2.27. The Hall–Kier alpha value is -3.65. The SMILES string of the molecule is Cc1noc(C)c1-c1cnc2c(c1)c(-c1ccc(C(=O)O)cc1OC1CCC1)cn2C1CCOCC1. The van der Waals surface area contributed by atoms with Crippen molar-refractivity contribution < 1.29 is 23.9 Å². The van der Waals surface area contributed by atoms with Gasteiger partial charge in [-0.05, 0) is 70.2 Å². The molecule has 4 aromatic rings. The lowest BCUT2D eigenvalue weighted by atomic mass is 9.95. The van der Waals surface area contributed by atoms with Gasteiger partial charge in [0.1, 0.15) is 17.2 Å². The maximum atomic E-state index is 11.7. The van der Waals surface area contributed by atoms with Crippen LogP contribution in [0.5, 0.6) is 5.75 Å². The van der Waals surface area contributed by atoms with Crippen LogP contribution in [0, 0.1) is 13.8 Å². The van der Waals surface area contributed by atoms with Crippen molar-refractivity contribution >= 4 is 17.0 Å². The molecule has 3 aromatic heterocycles. The summed E-state index contributed by atoms with van der Waals surface area (Å²) in [4.78, 5) is 16.7. The number of carbonyl (C=O) groups is 1. The van der Waals surface area contributed by atoms with Crippen molar-refractivity contribution in [2.45, 2.75) is 58.1 Å². The van der Waals surface area contributed by atoms with Gasteiger partial charge in [0.15, 0.2) is 0 Å². The molecule has 36 heavy (non-hydrogen) atoms. The van der Waals surface area contributed by atoms with E-state index in [9.17, 15) is 9.90 Å². The third-order valence-corrected chi connectivity index (χ3v) is 7.44. The average Bonchev–Trinajstić information content (AvgIpc) is 3.40. The zero-order valence-corrected chi connectivity index (χ0v) is 20.5. The van der Waals surface area contributed by atoms with Gasteiger partial charge < -0.3 is 23.7 Å². The van der Waals surface area contributed by atoms with E-state index < -0.39 is 5.97 Å². The molecule has 1 aliphatic carbocycles. The number of fused-ring (bicyclic) bond motifs is 1. The molecule has 1 saturated carbocycles. The van der Waals surface area contributed by atoms with Crippen LogP contribution in [0.15, 0.2) is 41.2 Å². The normalized spacial score (nSPS) is 16.8. The Morgan fingerprint density at radius 2 is 1.92 bits per heavy atom. The van der Waals surface area contributed by atoms with E-state index >= 15 is 0 Å². The number of nitrogens with zero attached hydrogens (tertiary/aromatic N) is 3. The molecular weight excluding hydrogens is 458 g/mol. The Morgan fingerprint density at radius 3 is 2.58 bits per heavy atom. The zero-order valence-electron chi connectivity index (χ0n) is 20.5. The predicted molar refractivity (Wildman–Crippen MR) is 134 cm³/mol. The van der Waals surface area contributed by atoms with Gasteiger partial charge in [-0.15, -0.1) is 0 Å². The monoisotopic (exact) mass is 487 g/mol. The summed E-state index contributed by atoms with van der Waals surface area (Å²) in [5, 5.41) is 14.7. The van der Waals surface area contributed by atoms with E-state index in [-0.39, 0.29) is 17.7 Å². The van der Waals surface area contributed by atoms with Crippen molar-refractivity contribution in [1.82, 2.24) is 14.7 Å². The molecular formula is C28H29N3O5. The highest BCUT2D eigenvalue weighted by molar-refractivity contribution is 5.99. The van der Waals surface area contributed by atoms with E-state index in [1.54, 1.807) is 12.1 Å². The second-order valence-corrected chi connectivity index (χ2v) is 9.77. The van der Waals surface area contributed by atoms with Gasteiger partial charge in [0.25, 0.3) is 0 Å². The number of aryl methyl sites for hydroxylation is 2. The lowest BCUT2D eigenvalue weighted by Crippen LogP contribution is -2.24. The number of pyridine rings is 1. The summed E-state index contributed by atoms with van der Waals surface area (Å²) in [6.07, 6.45) is 9.08. The molecule has 0 amide bonds. The number of hydrogen-bond acceptors (Lipinski definition) is 6. The number of ether oxygens (including phenoxy) is 2. The van der Waals surface area contributed by atoms with Crippen LogP contribution in [0.25, 0.3) is 33.3 Å². The first-order valence-electron chi connectivity index (χ1n) is 12.6. The molecule has 4 heterocycles. The second-order valence-electron chi connectivity index (χ2n) is 9.77. The average molecular weight is 488 g/mol. The summed E-state index contributed by atoms with van der Waals surface area (Å²) in [6.45, 7) is 5.28. The number of carboxylic acids is 1. The van der Waals surface area contributed by atoms with E-state index in [0.29, 0.717) is 5.75 Å². The highest BCUT2D eigenvalue weighted by Crippen LogP contribution is 2.42. The summed E-state index contributed by atoms with van der Waals surface area (Å²) < 4.78 is 19.6. The molecule has 0 radical (unpaired) electrons. The Kier molecular flexibility index (Phi) is 5.76. The van der Waals surface area contributed by atoms with Crippen molar-refractivity contribution in [2.24, 2.45) is 0 Å². The van der Waals surface area contributed by atoms with Crippen LogP contribution in [-0.2, 0) is 4.74 Å². The molecule has 2 aliphatic rings. The molecule has 0 atom stereocenters. The number of aromatic nitrogens is 3. The Balaban J connectivity index is 1.55. The van der Waals surface area contributed by atoms with Crippen molar-refractivity contribution in [3.05, 3.63) is 53.7 Å². The predicted octanol–water partition coefficient (Wildman–Crippen LogP) is 5.96. The molecule has 2 fully saturated rings. The summed E-state index contributed by atoms with van der Waals surface area (Å²) in [7, 11) is 0. The Morgan fingerprint density at radius 1 is 1.11 bits per heavy atom. The van der Waals surface area contributed by atoms with Crippen molar-refractivity contribution in [2.75, 3.05) is 13.2 Å². The number of benzene rings is 1. The molecule has 0 spiro atoms. The summed E-state index contributed by atoms with van der Waals surface area (Å²) in [6, 6.07) is 7.58. The van der Waals surface area contributed by atoms with Crippen LogP contribution in [-0.4, -0.2) is 45.1 Å². The topological polar surface area (TPSA) is 99.6 Å². The van der Waals surface area contributed by atoms with Gasteiger partial charge in [-0.25, -0.2) is 9.78 Å². The molecule has 8 heteroatoms. The van der Waals surface area contributed by atoms with Gasteiger partial charge in [-0.2, -0.15) is 0 Å². The molecule has 0 unspecified atom stereocenters. The van der Waals surface area contributed by atoms with Gasteiger partial charge >= 0.3 is 5.97 Å². The molecule has 1 aliphatic heterocycles. The highest BCUT2D eigenvalue weighted by Gasteiger charge is 2.26. The quantitative estimate of drug-likeness (QED) is 0.358. The lowest BCUT2D eigenvalue weighted by molar-refractivity contribution is 0.0694. The minimum absolute atomic E-state index is 0.118. The van der Waals surface area contributed by atoms with Gasteiger partial charge in [-0.3, -0.25) is 0 Å². The van der Waals surface area contributed by atoms with Crippen molar-refractivity contribution in [3.63, 3.8) is 0 Å². The smallest absolute Gasteiger partial charge is 0.335 e. The summed E-state index contributed by atoms with van der Waals surface area (Å²) in [5.41, 5.74) is 5.66. The van der Waals surface area contributed by atoms with E-state index in [4.69, 9.17) is 19.0 Å². The van der Waals surface area contributed by atoms with Crippen LogP contribution in [0.2, 0.25) is 0 Å². The largest absolute Gasteiger partial charge is 0.490 e. The fourth-order valence-electron chi connectivity index (χ4n) is 5.26. The second kappa shape index (κ2) is 9.09. The summed E-state index contributed by atoms with van der Waals surface area (Å²) >= 11 is 0. The van der Waals surface area contributed by atoms with Gasteiger partial charge in [-0.1, -0.05) is 5.16 Å². The molecule has 6 rings (SSSR count). The number of rotatable bonds is 6. The number of carboxylic acid groups (broad SMARTS) is 1. The fraction of sp³-hybridized carbons (Fsp3) is 0.393. The van der Waals surface area contributed by atoms with Crippen LogP contribution in [0.4, 0.5) is 0 Å². The van der Waals surface area contributed by atoms with Crippen LogP contribution in [0.1, 0.15) is 60.0 Å². The van der Waals surface area contributed by atoms with Gasteiger partial charge in [0, 0.05) is 59.3 Å². The third-order valence-electron chi connectivity index (χ3n) is 7.44. The van der Waals surface area contributed by atoms with Crippen LogP contribution < -0.4 is 4.74 Å². The van der Waals surface area contributed by atoms with Gasteiger partial charge in [0.2, 0.25) is 0 Å². The first kappa shape index (κ1) is 22.8. The maximum Gasteiger partial charge on any atom is 0.335 e. The maximum absolute atomic E-state index is 11.7. The van der Waals surface area contributed by atoms with Gasteiger partial charge in [0.05, 0.1) is 17.4 Å². The minimum Gasteiger partial charge on any atom is -0.490 e. The molecule has 1 saturated heterocycles. The van der Waals surface area contributed by atoms with Crippen LogP contribution >= 0.6 is 0 Å². The standard InChI is InChI=1S/C28H29N3O5/c1-16-26(17(2)36-30-16)19-12-23-24(15-31(27(23)29-14-19)20-8-10-34-11-9-20)22-7-6-18(28(32)33)13-25(22)35-21-4-3-5-21/h6-7,12-15,20-21H,3-5,8-11H2,1-2H3,(H,32,33). The highest BCUT2D eigenvalue weighted by atomic mass is 16.5. The Labute approximate surface area is 208 Å². The first-order valence-corrected chi connectivity index (χ1v) is 12.6. The molecule has 8 nitrogen and oxygen atoms in total. The van der Waals surface area contributed by atoms with Crippen molar-refractivity contribution in [3.8, 4) is 28.0 Å².